The fraction of sp³-hybridized carbons (Fsp3) is 0.381. The number of hydrogen-bond acceptors (Lipinski definition) is 4. The van der Waals surface area contributed by atoms with Gasteiger partial charge in [0.15, 0.2) is 5.96 Å². The number of rotatable bonds is 5. The van der Waals surface area contributed by atoms with E-state index in [0.29, 0.717) is 6.54 Å². The Labute approximate surface area is 207 Å². The number of nitrogens with one attached hydrogen (secondary N) is 1. The zero-order valence-corrected chi connectivity index (χ0v) is 21.9. The van der Waals surface area contributed by atoms with Gasteiger partial charge in [-0.1, -0.05) is 35.9 Å². The molecule has 0 spiro atoms. The second-order valence-corrected chi connectivity index (χ2v) is 9.82. The molecule has 7 nitrogen and oxygen atoms in total. The molecular formula is C21H29ClIN5O2S. The lowest BCUT2D eigenvalue weighted by atomic mass is 10.2. The van der Waals surface area contributed by atoms with Gasteiger partial charge in [-0.3, -0.25) is 4.99 Å². The third-order valence-electron chi connectivity index (χ3n) is 5.14. The molecule has 0 saturated carbocycles. The Balaban J connectivity index is 0.00000341. The number of hydrogen-bond donors (Lipinski definition) is 1. The minimum atomic E-state index is -3.41. The minimum absolute atomic E-state index is 0. The molecule has 2 aromatic rings. The second-order valence-electron chi connectivity index (χ2n) is 7.26. The highest BCUT2D eigenvalue weighted by atomic mass is 127. The number of sulfonamides is 1. The van der Waals surface area contributed by atoms with E-state index in [4.69, 9.17) is 11.6 Å². The van der Waals surface area contributed by atoms with Crippen LogP contribution >= 0.6 is 35.6 Å². The van der Waals surface area contributed by atoms with Gasteiger partial charge in [0.2, 0.25) is 10.0 Å². The largest absolute Gasteiger partial charge is 0.367 e. The lowest BCUT2D eigenvalue weighted by molar-refractivity contribution is 0.372. The van der Waals surface area contributed by atoms with E-state index in [1.807, 2.05) is 36.4 Å². The molecule has 0 atom stereocenters. The molecular weight excluding hydrogens is 549 g/mol. The van der Waals surface area contributed by atoms with Crippen molar-refractivity contribution in [1.82, 2.24) is 14.5 Å². The number of anilines is 1. The maximum Gasteiger partial charge on any atom is 0.242 e. The summed E-state index contributed by atoms with van der Waals surface area (Å²) in [6, 6.07) is 14.8. The molecule has 0 radical (unpaired) electrons. The first kappa shape index (κ1) is 25.7. The summed E-state index contributed by atoms with van der Waals surface area (Å²) < 4.78 is 25.6. The molecule has 1 aliphatic heterocycles. The quantitative estimate of drug-likeness (QED) is 0.336. The van der Waals surface area contributed by atoms with Crippen molar-refractivity contribution in [3.8, 4) is 0 Å². The molecule has 31 heavy (non-hydrogen) atoms. The van der Waals surface area contributed by atoms with Gasteiger partial charge in [-0.15, -0.1) is 24.0 Å². The lowest BCUT2D eigenvalue weighted by Crippen LogP contribution is -2.52. The van der Waals surface area contributed by atoms with E-state index >= 15 is 0 Å². The molecule has 1 heterocycles. The van der Waals surface area contributed by atoms with E-state index in [1.165, 1.54) is 18.4 Å². The number of nitrogens with zero attached hydrogens (tertiary/aromatic N) is 4. The van der Waals surface area contributed by atoms with Gasteiger partial charge in [-0.05, 0) is 29.8 Å². The number of guanidine groups is 1. The summed E-state index contributed by atoms with van der Waals surface area (Å²) in [5.74, 6) is 0.832. The molecule has 0 unspecified atom stereocenters. The number of piperazine rings is 1. The molecule has 0 aromatic heterocycles. The van der Waals surface area contributed by atoms with Crippen LogP contribution in [0.5, 0.6) is 0 Å². The van der Waals surface area contributed by atoms with Gasteiger partial charge in [0.25, 0.3) is 0 Å². The van der Waals surface area contributed by atoms with Crippen LogP contribution in [0.1, 0.15) is 5.56 Å². The van der Waals surface area contributed by atoms with Crippen molar-refractivity contribution in [2.75, 3.05) is 52.2 Å². The van der Waals surface area contributed by atoms with Gasteiger partial charge >= 0.3 is 0 Å². The molecule has 1 saturated heterocycles. The average Bonchev–Trinajstić information content (AvgIpc) is 2.75. The third kappa shape index (κ3) is 6.24. The molecule has 1 aliphatic rings. The van der Waals surface area contributed by atoms with Crippen molar-refractivity contribution in [2.24, 2.45) is 4.99 Å². The van der Waals surface area contributed by atoms with Crippen LogP contribution in [0.4, 0.5) is 5.69 Å². The monoisotopic (exact) mass is 577 g/mol. The average molecular weight is 578 g/mol. The Morgan fingerprint density at radius 1 is 1.06 bits per heavy atom. The zero-order valence-electron chi connectivity index (χ0n) is 18.0. The topological polar surface area (TPSA) is 68.2 Å². The summed E-state index contributed by atoms with van der Waals surface area (Å²) in [7, 11) is 1.42. The molecule has 10 heteroatoms. The first-order chi connectivity index (χ1) is 14.3. The van der Waals surface area contributed by atoms with Gasteiger partial charge in [-0.25, -0.2) is 12.7 Å². The maximum absolute atomic E-state index is 12.2. The van der Waals surface area contributed by atoms with Gasteiger partial charge in [0.1, 0.15) is 0 Å². The van der Waals surface area contributed by atoms with Crippen LogP contribution in [0, 0.1) is 0 Å². The van der Waals surface area contributed by atoms with E-state index < -0.39 is 10.0 Å². The maximum atomic E-state index is 12.2. The summed E-state index contributed by atoms with van der Waals surface area (Å²) >= 11 is 6.33. The van der Waals surface area contributed by atoms with E-state index in [1.54, 1.807) is 19.2 Å². The van der Waals surface area contributed by atoms with Crippen molar-refractivity contribution < 1.29 is 8.42 Å². The molecule has 1 N–H and O–H groups in total. The van der Waals surface area contributed by atoms with E-state index in [0.717, 1.165) is 48.4 Å². The van der Waals surface area contributed by atoms with E-state index in [9.17, 15) is 8.42 Å². The first-order valence-electron chi connectivity index (χ1n) is 9.79. The fourth-order valence-corrected chi connectivity index (χ4v) is 4.53. The van der Waals surface area contributed by atoms with Crippen LogP contribution in [0.15, 0.2) is 58.4 Å². The number of aliphatic imine (C=N–C) groups is 1. The fourth-order valence-electron chi connectivity index (χ4n) is 3.37. The smallest absolute Gasteiger partial charge is 0.242 e. The van der Waals surface area contributed by atoms with Crippen molar-refractivity contribution >= 4 is 57.2 Å². The normalized spacial score (nSPS) is 15.1. The first-order valence-corrected chi connectivity index (χ1v) is 11.6. The van der Waals surface area contributed by atoms with Gasteiger partial charge < -0.3 is 15.1 Å². The molecule has 3 rings (SSSR count). The molecule has 2 aromatic carbocycles. The third-order valence-corrected chi connectivity index (χ3v) is 7.29. The summed E-state index contributed by atoms with van der Waals surface area (Å²) in [5, 5.41) is 4.15. The van der Waals surface area contributed by atoms with Crippen molar-refractivity contribution in [2.45, 2.75) is 11.4 Å². The molecule has 0 aliphatic carbocycles. The van der Waals surface area contributed by atoms with Crippen LogP contribution in [-0.2, 0) is 16.6 Å². The SMILES string of the molecule is CN=C(NCc1ccc(S(=O)(=O)N(C)C)cc1)N1CCN(c2ccccc2Cl)CC1.I. The second kappa shape index (κ2) is 11.3. The van der Waals surface area contributed by atoms with E-state index in [2.05, 4.69) is 20.1 Å². The Morgan fingerprint density at radius 2 is 1.68 bits per heavy atom. The van der Waals surface area contributed by atoms with Gasteiger partial charge in [0.05, 0.1) is 15.6 Å². The predicted molar refractivity (Wildman–Crippen MR) is 138 cm³/mol. The van der Waals surface area contributed by atoms with Crippen molar-refractivity contribution in [3.63, 3.8) is 0 Å². The lowest BCUT2D eigenvalue weighted by Gasteiger charge is -2.38. The molecule has 0 amide bonds. The number of halogens is 2. The molecule has 0 bridgehead atoms. The van der Waals surface area contributed by atoms with Crippen molar-refractivity contribution in [1.29, 1.82) is 0 Å². The Bertz CT molecular complexity index is 991. The summed E-state index contributed by atoms with van der Waals surface area (Å²) in [4.78, 5) is 9.20. The van der Waals surface area contributed by atoms with Crippen LogP contribution in [0.25, 0.3) is 0 Å². The highest BCUT2D eigenvalue weighted by Gasteiger charge is 2.21. The molecule has 1 fully saturated rings. The highest BCUT2D eigenvalue weighted by Crippen LogP contribution is 2.26. The predicted octanol–water partition coefficient (Wildman–Crippen LogP) is 3.11. The Kier molecular flexibility index (Phi) is 9.41. The summed E-state index contributed by atoms with van der Waals surface area (Å²) in [6.07, 6.45) is 0. The number of para-hydroxylation sites is 1. The van der Waals surface area contributed by atoms with Gasteiger partial charge in [0, 0.05) is 53.9 Å². The highest BCUT2D eigenvalue weighted by molar-refractivity contribution is 14.0. The van der Waals surface area contributed by atoms with Crippen LogP contribution in [0.3, 0.4) is 0 Å². The Hall–Kier alpha value is -1.56. The zero-order chi connectivity index (χ0) is 21.7. The summed E-state index contributed by atoms with van der Waals surface area (Å²) in [5.41, 5.74) is 2.05. The minimum Gasteiger partial charge on any atom is -0.367 e. The van der Waals surface area contributed by atoms with E-state index in [-0.39, 0.29) is 28.9 Å². The molecule has 170 valence electrons. The van der Waals surface area contributed by atoms with Crippen LogP contribution in [-0.4, -0.2) is 70.9 Å². The standard InChI is InChI=1S/C21H28ClN5O2S.HI/c1-23-21(24-16-17-8-10-18(11-9-17)30(28,29)25(2)3)27-14-12-26(13-15-27)20-7-5-4-6-19(20)22;/h4-11H,12-16H2,1-3H3,(H,23,24);1H. The Morgan fingerprint density at radius 3 is 2.23 bits per heavy atom. The summed E-state index contributed by atoms with van der Waals surface area (Å²) in [6.45, 7) is 3.97. The van der Waals surface area contributed by atoms with Crippen molar-refractivity contribution in [3.05, 3.63) is 59.1 Å². The number of benzene rings is 2. The van der Waals surface area contributed by atoms with Crippen LogP contribution < -0.4 is 10.2 Å². The van der Waals surface area contributed by atoms with Crippen LogP contribution in [0.2, 0.25) is 5.02 Å². The van der Waals surface area contributed by atoms with Gasteiger partial charge in [-0.2, -0.15) is 0 Å².